The number of hydrogen-bond acceptors (Lipinski definition) is 3. The van der Waals surface area contributed by atoms with Crippen molar-refractivity contribution in [3.05, 3.63) is 100 Å². The Hall–Kier alpha value is -3.12. The number of nitrogens with one attached hydrogen (secondary N) is 1. The molecule has 1 aliphatic carbocycles. The highest BCUT2D eigenvalue weighted by Crippen LogP contribution is 2.21. The minimum Gasteiger partial charge on any atom is -0.484 e. The van der Waals surface area contributed by atoms with Gasteiger partial charge in [0.25, 0.3) is 5.91 Å². The van der Waals surface area contributed by atoms with E-state index < -0.39 is 6.04 Å². The number of benzene rings is 3. The van der Waals surface area contributed by atoms with Gasteiger partial charge in [0.1, 0.15) is 11.8 Å². The monoisotopic (exact) mass is 548 g/mol. The van der Waals surface area contributed by atoms with Crippen LogP contribution in [0.1, 0.15) is 42.4 Å². The smallest absolute Gasteiger partial charge is 0.261 e. The summed E-state index contributed by atoms with van der Waals surface area (Å²) in [4.78, 5) is 29.0. The van der Waals surface area contributed by atoms with Crippen LogP contribution in [0.25, 0.3) is 0 Å². The van der Waals surface area contributed by atoms with Crippen molar-refractivity contribution in [1.29, 1.82) is 0 Å². The maximum Gasteiger partial charge on any atom is 0.261 e. The fraction of sp³-hybridized carbons (Fsp3) is 0.333. The molecule has 1 aliphatic rings. The number of carbonyl (C=O) groups is 2. The second-order valence-electron chi connectivity index (χ2n) is 9.40. The highest BCUT2D eigenvalue weighted by Gasteiger charge is 2.32. The van der Waals surface area contributed by atoms with Crippen LogP contribution in [-0.4, -0.2) is 35.4 Å². The standard InChI is InChI=1S/C30H33BrN2O3/c1-22-9-5-8-14-28(22)36-21-29(34)33(20-24-15-17-25(31)18-16-24)27(19-23-10-3-2-4-11-23)30(35)32-26-12-6-7-13-26/h2-5,8-11,14-18,26-27H,6-7,12-13,19-21H2,1H3,(H,32,35)/t27-/m0/s1. The van der Waals surface area contributed by atoms with Crippen LogP contribution < -0.4 is 10.1 Å². The van der Waals surface area contributed by atoms with Gasteiger partial charge in [-0.05, 0) is 54.7 Å². The first kappa shape index (κ1) is 26.0. The maximum absolute atomic E-state index is 13.7. The normalized spacial score (nSPS) is 14.3. The van der Waals surface area contributed by atoms with Crippen LogP contribution in [0.3, 0.4) is 0 Å². The number of aryl methyl sites for hydroxylation is 1. The van der Waals surface area contributed by atoms with Gasteiger partial charge in [0, 0.05) is 23.5 Å². The van der Waals surface area contributed by atoms with Crippen LogP contribution in [0.5, 0.6) is 5.75 Å². The minimum atomic E-state index is -0.649. The van der Waals surface area contributed by atoms with E-state index in [-0.39, 0.29) is 24.5 Å². The lowest BCUT2D eigenvalue weighted by atomic mass is 10.0. The lowest BCUT2D eigenvalue weighted by Gasteiger charge is -2.32. The molecule has 3 aromatic carbocycles. The average molecular weight is 550 g/mol. The summed E-state index contributed by atoms with van der Waals surface area (Å²) in [5.74, 6) is 0.347. The zero-order chi connectivity index (χ0) is 25.3. The van der Waals surface area contributed by atoms with Gasteiger partial charge in [0.2, 0.25) is 5.91 Å². The van der Waals surface area contributed by atoms with Crippen molar-refractivity contribution in [1.82, 2.24) is 10.2 Å². The predicted molar refractivity (Wildman–Crippen MR) is 146 cm³/mol. The minimum absolute atomic E-state index is 0.105. The Morgan fingerprint density at radius 2 is 1.61 bits per heavy atom. The van der Waals surface area contributed by atoms with Crippen molar-refractivity contribution in [2.45, 2.75) is 57.7 Å². The Bertz CT molecular complexity index is 1140. The number of para-hydroxylation sites is 1. The highest BCUT2D eigenvalue weighted by molar-refractivity contribution is 9.10. The lowest BCUT2D eigenvalue weighted by Crippen LogP contribution is -2.53. The van der Waals surface area contributed by atoms with Crippen molar-refractivity contribution in [3.8, 4) is 5.75 Å². The quantitative estimate of drug-likeness (QED) is 0.346. The Labute approximate surface area is 222 Å². The van der Waals surface area contributed by atoms with Crippen LogP contribution in [0.15, 0.2) is 83.3 Å². The number of halogens is 1. The molecule has 0 heterocycles. The number of carbonyl (C=O) groups excluding carboxylic acids is 2. The second-order valence-corrected chi connectivity index (χ2v) is 10.3. The van der Waals surface area contributed by atoms with Crippen molar-refractivity contribution in [2.24, 2.45) is 0 Å². The Kier molecular flexibility index (Phi) is 9.17. The number of nitrogens with zero attached hydrogens (tertiary/aromatic N) is 1. The van der Waals surface area contributed by atoms with E-state index in [9.17, 15) is 9.59 Å². The number of rotatable bonds is 10. The van der Waals surface area contributed by atoms with E-state index in [1.165, 1.54) is 0 Å². The summed E-state index contributed by atoms with van der Waals surface area (Å²) in [5.41, 5.74) is 2.93. The molecule has 1 saturated carbocycles. The summed E-state index contributed by atoms with van der Waals surface area (Å²) in [7, 11) is 0. The molecule has 3 aromatic rings. The summed E-state index contributed by atoms with van der Waals surface area (Å²) in [6.45, 7) is 2.13. The van der Waals surface area contributed by atoms with Crippen molar-refractivity contribution in [3.63, 3.8) is 0 Å². The summed E-state index contributed by atoms with van der Waals surface area (Å²) in [5, 5.41) is 3.23. The fourth-order valence-corrected chi connectivity index (χ4v) is 4.91. The second kappa shape index (κ2) is 12.7. The van der Waals surface area contributed by atoms with E-state index in [4.69, 9.17) is 4.74 Å². The lowest BCUT2D eigenvalue weighted by molar-refractivity contribution is -0.143. The first-order valence-electron chi connectivity index (χ1n) is 12.6. The molecule has 1 atom stereocenters. The molecule has 1 fully saturated rings. The van der Waals surface area contributed by atoms with Gasteiger partial charge in [-0.1, -0.05) is 89.4 Å². The molecule has 0 aromatic heterocycles. The highest BCUT2D eigenvalue weighted by atomic mass is 79.9. The molecule has 188 valence electrons. The van der Waals surface area contributed by atoms with Gasteiger partial charge >= 0.3 is 0 Å². The molecule has 4 rings (SSSR count). The molecule has 36 heavy (non-hydrogen) atoms. The molecule has 0 saturated heterocycles. The third-order valence-corrected chi connectivity index (χ3v) is 7.21. The molecule has 5 nitrogen and oxygen atoms in total. The molecule has 2 amide bonds. The van der Waals surface area contributed by atoms with Crippen LogP contribution in [-0.2, 0) is 22.6 Å². The molecule has 0 aliphatic heterocycles. The Morgan fingerprint density at radius 3 is 2.31 bits per heavy atom. The number of amides is 2. The third-order valence-electron chi connectivity index (χ3n) is 6.68. The van der Waals surface area contributed by atoms with Gasteiger partial charge in [-0.2, -0.15) is 0 Å². The first-order valence-corrected chi connectivity index (χ1v) is 13.4. The van der Waals surface area contributed by atoms with E-state index in [1.54, 1.807) is 4.90 Å². The molecular weight excluding hydrogens is 516 g/mol. The summed E-state index contributed by atoms with van der Waals surface area (Å²) in [6, 6.07) is 24.9. The largest absolute Gasteiger partial charge is 0.484 e. The van der Waals surface area contributed by atoms with E-state index in [1.807, 2.05) is 85.8 Å². The predicted octanol–water partition coefficient (Wildman–Crippen LogP) is 5.84. The molecule has 6 heteroatoms. The van der Waals surface area contributed by atoms with Gasteiger partial charge in [-0.15, -0.1) is 0 Å². The van der Waals surface area contributed by atoms with Crippen molar-refractivity contribution < 1.29 is 14.3 Å². The topological polar surface area (TPSA) is 58.6 Å². The zero-order valence-corrected chi connectivity index (χ0v) is 22.2. The van der Waals surface area contributed by atoms with Crippen LogP contribution >= 0.6 is 15.9 Å². The van der Waals surface area contributed by atoms with Gasteiger partial charge in [0.05, 0.1) is 0 Å². The summed E-state index contributed by atoms with van der Waals surface area (Å²) < 4.78 is 6.88. The van der Waals surface area contributed by atoms with E-state index in [2.05, 4.69) is 21.2 Å². The van der Waals surface area contributed by atoms with Gasteiger partial charge in [-0.25, -0.2) is 0 Å². The summed E-state index contributed by atoms with van der Waals surface area (Å²) >= 11 is 3.48. The SMILES string of the molecule is Cc1ccccc1OCC(=O)N(Cc1ccc(Br)cc1)[C@@H](Cc1ccccc1)C(=O)NC1CCCC1. The van der Waals surface area contributed by atoms with Crippen LogP contribution in [0.4, 0.5) is 0 Å². The first-order chi connectivity index (χ1) is 17.5. The summed E-state index contributed by atoms with van der Waals surface area (Å²) in [6.07, 6.45) is 4.66. The molecule has 0 bridgehead atoms. The van der Waals surface area contributed by atoms with Gasteiger partial charge < -0.3 is 15.0 Å². The van der Waals surface area contributed by atoms with Gasteiger partial charge in [0.15, 0.2) is 6.61 Å². The average Bonchev–Trinajstić information content (AvgIpc) is 3.40. The molecule has 0 unspecified atom stereocenters. The van der Waals surface area contributed by atoms with Crippen molar-refractivity contribution >= 4 is 27.7 Å². The molecular formula is C30H33BrN2O3. The van der Waals surface area contributed by atoms with E-state index >= 15 is 0 Å². The number of ether oxygens (including phenoxy) is 1. The molecule has 0 spiro atoms. The molecule has 1 N–H and O–H groups in total. The zero-order valence-electron chi connectivity index (χ0n) is 20.7. The third kappa shape index (κ3) is 7.20. The Morgan fingerprint density at radius 1 is 0.944 bits per heavy atom. The number of hydrogen-bond donors (Lipinski definition) is 1. The fourth-order valence-electron chi connectivity index (χ4n) is 4.65. The Balaban J connectivity index is 1.61. The maximum atomic E-state index is 13.7. The van der Waals surface area contributed by atoms with Crippen LogP contribution in [0.2, 0.25) is 0 Å². The van der Waals surface area contributed by atoms with Crippen molar-refractivity contribution in [2.75, 3.05) is 6.61 Å². The van der Waals surface area contributed by atoms with E-state index in [0.717, 1.165) is 46.8 Å². The van der Waals surface area contributed by atoms with E-state index in [0.29, 0.717) is 18.7 Å². The van der Waals surface area contributed by atoms with Gasteiger partial charge in [-0.3, -0.25) is 9.59 Å². The van der Waals surface area contributed by atoms with Crippen LogP contribution in [0, 0.1) is 6.92 Å². The molecule has 0 radical (unpaired) electrons.